The Morgan fingerprint density at radius 2 is 2.02 bits per heavy atom. The highest BCUT2D eigenvalue weighted by Crippen LogP contribution is 2.47. The quantitative estimate of drug-likeness (QED) is 0.264. The van der Waals surface area contributed by atoms with Gasteiger partial charge in [-0.05, 0) is 54.5 Å². The van der Waals surface area contributed by atoms with Gasteiger partial charge in [-0.1, -0.05) is 38.5 Å². The second kappa shape index (κ2) is 10.4. The Labute approximate surface area is 243 Å². The minimum atomic E-state index is -0.980. The minimum Gasteiger partial charge on any atom is -0.595 e. The van der Waals surface area contributed by atoms with Crippen molar-refractivity contribution in [3.63, 3.8) is 0 Å². The number of benzene rings is 2. The normalized spacial score (nSPS) is 24.7. The van der Waals surface area contributed by atoms with Gasteiger partial charge in [0.2, 0.25) is 5.91 Å². The third-order valence-corrected chi connectivity index (χ3v) is 9.80. The van der Waals surface area contributed by atoms with E-state index in [4.69, 9.17) is 4.98 Å². The summed E-state index contributed by atoms with van der Waals surface area (Å²) < 4.78 is 1.89. The van der Waals surface area contributed by atoms with Crippen molar-refractivity contribution in [2.45, 2.75) is 57.7 Å². The van der Waals surface area contributed by atoms with Crippen molar-refractivity contribution in [2.24, 2.45) is 17.8 Å². The van der Waals surface area contributed by atoms with Crippen LogP contribution < -0.4 is 21.0 Å². The first-order chi connectivity index (χ1) is 20.3. The highest BCUT2D eigenvalue weighted by atomic mass is 16.8. The first-order valence-electron chi connectivity index (χ1n) is 14.9. The second-order valence-corrected chi connectivity index (χ2v) is 12.2. The minimum absolute atomic E-state index is 0.000631. The van der Waals surface area contributed by atoms with Crippen LogP contribution in [0, 0.1) is 23.0 Å². The zero-order valence-corrected chi connectivity index (χ0v) is 23.8. The van der Waals surface area contributed by atoms with Crippen LogP contribution in [0.3, 0.4) is 0 Å². The van der Waals surface area contributed by atoms with Gasteiger partial charge in [0.1, 0.15) is 5.82 Å². The molecule has 3 unspecified atom stereocenters. The fraction of sp³-hybridized carbons (Fsp3) is 0.406. The van der Waals surface area contributed by atoms with E-state index in [0.29, 0.717) is 19.5 Å². The van der Waals surface area contributed by atoms with Crippen LogP contribution >= 0.6 is 0 Å². The predicted molar refractivity (Wildman–Crippen MR) is 159 cm³/mol. The molecule has 42 heavy (non-hydrogen) atoms. The molecule has 3 aliphatic heterocycles. The number of nitrogens with one attached hydrogen (secondary N) is 3. The van der Waals surface area contributed by atoms with Crippen LogP contribution in [0.15, 0.2) is 65.5 Å². The maximum Gasteiger partial charge on any atom is 0.250 e. The van der Waals surface area contributed by atoms with Crippen molar-refractivity contribution in [3.8, 4) is 0 Å². The first kappa shape index (κ1) is 26.9. The molecule has 4 aromatic rings. The number of carbonyl (C=O) groups is 1. The third-order valence-electron chi connectivity index (χ3n) is 9.80. The van der Waals surface area contributed by atoms with Crippen LogP contribution in [0.4, 0.5) is 11.4 Å². The number of rotatable bonds is 6. The number of H-pyrrole nitrogens is 1. The summed E-state index contributed by atoms with van der Waals surface area (Å²) >= 11 is 0. The van der Waals surface area contributed by atoms with Gasteiger partial charge in [-0.2, -0.15) is 5.23 Å². The van der Waals surface area contributed by atoms with E-state index in [1.165, 1.54) is 0 Å². The summed E-state index contributed by atoms with van der Waals surface area (Å²) in [5, 5.41) is 24.0. The van der Waals surface area contributed by atoms with Crippen molar-refractivity contribution < 1.29 is 15.2 Å². The average Bonchev–Trinajstić information content (AvgIpc) is 3.43. The van der Waals surface area contributed by atoms with E-state index in [1.807, 2.05) is 47.0 Å². The van der Waals surface area contributed by atoms with Crippen LogP contribution in [0.1, 0.15) is 55.7 Å². The van der Waals surface area contributed by atoms with E-state index in [-0.39, 0.29) is 47.0 Å². The number of fused-ring (bicyclic) bond motifs is 9. The number of aromatic amines is 1. The van der Waals surface area contributed by atoms with E-state index in [0.717, 1.165) is 46.6 Å². The lowest BCUT2D eigenvalue weighted by molar-refractivity contribution is -0.991. The number of carbonyl (C=O) groups excluding carboxylic acids is 1. The number of para-hydroxylation sites is 2. The molecule has 10 heteroatoms. The van der Waals surface area contributed by atoms with E-state index in [2.05, 4.69) is 29.0 Å². The zero-order chi connectivity index (χ0) is 29.1. The van der Waals surface area contributed by atoms with Gasteiger partial charge in [0, 0.05) is 54.6 Å². The van der Waals surface area contributed by atoms with Gasteiger partial charge in [0.25, 0.3) is 5.56 Å². The molecule has 2 aromatic heterocycles. The molecule has 4 N–H and O–H groups in total. The molecule has 0 saturated carbocycles. The fourth-order valence-electron chi connectivity index (χ4n) is 7.58. The topological polar surface area (TPSA) is 131 Å². The van der Waals surface area contributed by atoms with Crippen LogP contribution in [-0.4, -0.2) is 38.2 Å². The standard InChI is InChI=1S/C32H36N6O4/c1-3-18(2)29(31-33-24-7-4-5-8-25(24)34-31)35-32(40)23-15-19-14-22(38(41)42)11-12-27(19)37-16-20-13-21(30(23)37)17-36-26(20)9-6-10-28(36)39/h4-12,14,18,20-21,23,29-30,38,41H,3,13,15-17H2,1-2H3,(H,33,34)(H,35,40)/t18-,20?,21?,23+,29-,30-/m0/s1. The maximum absolute atomic E-state index is 14.4. The zero-order valence-electron chi connectivity index (χ0n) is 23.8. The number of piperidine rings is 1. The van der Waals surface area contributed by atoms with E-state index >= 15 is 0 Å². The number of hydrogen-bond acceptors (Lipinski definition) is 6. The molecule has 1 fully saturated rings. The lowest BCUT2D eigenvalue weighted by atomic mass is 9.70. The molecule has 0 aliphatic carbocycles. The van der Waals surface area contributed by atoms with Crippen molar-refractivity contribution >= 4 is 28.3 Å². The Morgan fingerprint density at radius 1 is 1.19 bits per heavy atom. The highest BCUT2D eigenvalue weighted by molar-refractivity contribution is 5.83. The summed E-state index contributed by atoms with van der Waals surface area (Å²) in [5.74, 6) is 0.660. The Kier molecular flexibility index (Phi) is 6.64. The van der Waals surface area contributed by atoms with Crippen molar-refractivity contribution in [3.05, 3.63) is 93.3 Å². The number of amides is 1. The Balaban J connectivity index is 1.28. The lowest BCUT2D eigenvalue weighted by Crippen LogP contribution is -2.99. The molecule has 218 valence electrons. The van der Waals surface area contributed by atoms with Gasteiger partial charge in [0.15, 0.2) is 5.69 Å². The average molecular weight is 569 g/mol. The van der Waals surface area contributed by atoms with E-state index < -0.39 is 11.1 Å². The number of aromatic nitrogens is 3. The molecular weight excluding hydrogens is 532 g/mol. The molecule has 5 heterocycles. The molecule has 2 bridgehead atoms. The number of nitrogens with zero attached hydrogens (tertiary/aromatic N) is 3. The Bertz CT molecular complexity index is 1680. The maximum atomic E-state index is 14.4. The number of imidazole rings is 1. The first-order valence-corrected chi connectivity index (χ1v) is 14.9. The van der Waals surface area contributed by atoms with E-state index in [1.54, 1.807) is 18.2 Å². The molecule has 7 rings (SSSR count). The third kappa shape index (κ3) is 4.41. The smallest absolute Gasteiger partial charge is 0.250 e. The summed E-state index contributed by atoms with van der Waals surface area (Å²) in [6, 6.07) is 18.2. The number of hydrogen-bond donors (Lipinski definition) is 4. The Morgan fingerprint density at radius 3 is 2.81 bits per heavy atom. The summed E-state index contributed by atoms with van der Waals surface area (Å²) in [5.41, 5.74) is 4.92. The van der Waals surface area contributed by atoms with Gasteiger partial charge < -0.3 is 25.0 Å². The van der Waals surface area contributed by atoms with Crippen LogP contribution in [0.25, 0.3) is 11.0 Å². The predicted octanol–water partition coefficient (Wildman–Crippen LogP) is 3.20. The molecule has 2 aromatic carbocycles. The van der Waals surface area contributed by atoms with Crippen LogP contribution in [0.2, 0.25) is 0 Å². The summed E-state index contributed by atoms with van der Waals surface area (Å²) in [6.07, 6.45) is 2.21. The van der Waals surface area contributed by atoms with Gasteiger partial charge in [-0.15, -0.1) is 0 Å². The number of pyridine rings is 1. The number of quaternary nitrogens is 1. The van der Waals surface area contributed by atoms with Gasteiger partial charge in [0.05, 0.1) is 23.0 Å². The molecular formula is C32H36N6O4. The van der Waals surface area contributed by atoms with Crippen molar-refractivity contribution in [1.29, 1.82) is 0 Å². The summed E-state index contributed by atoms with van der Waals surface area (Å²) in [7, 11) is 0. The molecule has 7 atom stereocenters. The Hall–Kier alpha value is -3.99. The molecule has 1 saturated heterocycles. The molecule has 3 aliphatic rings. The monoisotopic (exact) mass is 568 g/mol. The van der Waals surface area contributed by atoms with Crippen LogP contribution in [-0.2, 0) is 17.8 Å². The fourth-order valence-corrected chi connectivity index (χ4v) is 7.58. The molecule has 10 nitrogen and oxygen atoms in total. The SMILES string of the molecule is CC[C@H](C)[C@H](NC(=O)[C@@H]1Cc2cc([NH+]([O-])O)ccc2N2CC3CC(Cn4c3cccc4=O)[C@@H]12)c1nc2ccccc2[nH]1. The van der Waals surface area contributed by atoms with Crippen LogP contribution in [0.5, 0.6) is 0 Å². The van der Waals surface area contributed by atoms with Gasteiger partial charge >= 0.3 is 0 Å². The van der Waals surface area contributed by atoms with Gasteiger partial charge in [-0.25, -0.2) is 10.2 Å². The summed E-state index contributed by atoms with van der Waals surface area (Å²) in [4.78, 5) is 37.8. The van der Waals surface area contributed by atoms with Gasteiger partial charge in [-0.3, -0.25) is 9.59 Å². The van der Waals surface area contributed by atoms with Crippen molar-refractivity contribution in [2.75, 3.05) is 11.4 Å². The molecule has 1 amide bonds. The summed E-state index contributed by atoms with van der Waals surface area (Å²) in [6.45, 7) is 5.47. The number of anilines is 1. The second-order valence-electron chi connectivity index (χ2n) is 12.2. The molecule has 0 radical (unpaired) electrons. The van der Waals surface area contributed by atoms with Crippen molar-refractivity contribution in [1.82, 2.24) is 19.9 Å². The highest BCUT2D eigenvalue weighted by Gasteiger charge is 2.49. The van der Waals surface area contributed by atoms with E-state index in [9.17, 15) is 20.0 Å². The molecule has 0 spiro atoms. The largest absolute Gasteiger partial charge is 0.595 e. The lowest BCUT2D eigenvalue weighted by Gasteiger charge is -2.54.